The number of nitrogens with one attached hydrogen (secondary N) is 2. The number of carbonyl (C=O) groups is 1. The van der Waals surface area contributed by atoms with Crippen LogP contribution < -0.4 is 16.3 Å². The van der Waals surface area contributed by atoms with E-state index in [1.165, 1.54) is 22.9 Å². The molecule has 0 saturated heterocycles. The molecule has 0 unspecified atom stereocenters. The lowest BCUT2D eigenvalue weighted by molar-refractivity contribution is 0.251. The lowest BCUT2D eigenvalue weighted by Gasteiger charge is -2.10. The zero-order valence-corrected chi connectivity index (χ0v) is 16.5. The Labute approximate surface area is 168 Å². The van der Waals surface area contributed by atoms with Crippen LogP contribution in [0.3, 0.4) is 0 Å². The standard InChI is InChI=1S/C20H20N4O4S/c1-29(27,28)18-8-6-15(7-9-18)13-22-19(25)23-17-5-2-4-16(12-17)14-24-11-3-10-21-20(24)26/h2-12H,13-14H2,1H3,(H2,22,23,25). The number of aromatic nitrogens is 2. The molecular formula is C20H20N4O4S. The average Bonchev–Trinajstić information content (AvgIpc) is 2.68. The zero-order valence-electron chi connectivity index (χ0n) is 15.7. The highest BCUT2D eigenvalue weighted by molar-refractivity contribution is 7.90. The monoisotopic (exact) mass is 412 g/mol. The number of carbonyl (C=O) groups excluding carboxylic acids is 1. The van der Waals surface area contributed by atoms with E-state index in [1.807, 2.05) is 6.07 Å². The van der Waals surface area contributed by atoms with Gasteiger partial charge in [-0.1, -0.05) is 24.3 Å². The van der Waals surface area contributed by atoms with Crippen molar-refractivity contribution in [3.05, 3.63) is 88.6 Å². The lowest BCUT2D eigenvalue weighted by Crippen LogP contribution is -2.28. The number of amides is 2. The maximum atomic E-state index is 12.2. The summed E-state index contributed by atoms with van der Waals surface area (Å²) in [5.41, 5.74) is 1.86. The minimum Gasteiger partial charge on any atom is -0.334 e. The van der Waals surface area contributed by atoms with E-state index in [-0.39, 0.29) is 17.1 Å². The second-order valence-electron chi connectivity index (χ2n) is 6.45. The Morgan fingerprint density at radius 1 is 1.07 bits per heavy atom. The molecule has 1 aromatic heterocycles. The molecule has 0 atom stereocenters. The van der Waals surface area contributed by atoms with Gasteiger partial charge in [-0.05, 0) is 41.5 Å². The number of sulfone groups is 1. The summed E-state index contributed by atoms with van der Waals surface area (Å²) in [6.07, 6.45) is 4.24. The maximum absolute atomic E-state index is 12.2. The maximum Gasteiger partial charge on any atom is 0.347 e. The first-order valence-corrected chi connectivity index (χ1v) is 10.6. The molecule has 0 aliphatic carbocycles. The van der Waals surface area contributed by atoms with Gasteiger partial charge in [0.15, 0.2) is 9.84 Å². The molecule has 9 heteroatoms. The summed E-state index contributed by atoms with van der Waals surface area (Å²) in [4.78, 5) is 27.8. The van der Waals surface area contributed by atoms with Crippen LogP contribution in [0.25, 0.3) is 0 Å². The van der Waals surface area contributed by atoms with Crippen molar-refractivity contribution in [1.82, 2.24) is 14.9 Å². The van der Waals surface area contributed by atoms with E-state index in [9.17, 15) is 18.0 Å². The zero-order chi connectivity index (χ0) is 20.9. The van der Waals surface area contributed by atoms with Crippen LogP contribution in [0.1, 0.15) is 11.1 Å². The number of nitrogens with zero attached hydrogens (tertiary/aromatic N) is 2. The minimum atomic E-state index is -3.25. The molecule has 2 N–H and O–H groups in total. The first-order chi connectivity index (χ1) is 13.8. The summed E-state index contributed by atoms with van der Waals surface area (Å²) in [6, 6.07) is 14.8. The number of anilines is 1. The molecule has 0 radical (unpaired) electrons. The van der Waals surface area contributed by atoms with Gasteiger partial charge in [0.25, 0.3) is 0 Å². The van der Waals surface area contributed by atoms with Gasteiger partial charge >= 0.3 is 11.7 Å². The summed E-state index contributed by atoms with van der Waals surface area (Å²) < 4.78 is 24.4. The van der Waals surface area contributed by atoms with Crippen LogP contribution in [0, 0.1) is 0 Å². The molecule has 8 nitrogen and oxygen atoms in total. The highest BCUT2D eigenvalue weighted by Crippen LogP contribution is 2.12. The fourth-order valence-corrected chi connectivity index (χ4v) is 3.29. The van der Waals surface area contributed by atoms with Gasteiger partial charge in [0.05, 0.1) is 11.4 Å². The molecule has 1 heterocycles. The topological polar surface area (TPSA) is 110 Å². The third kappa shape index (κ3) is 5.76. The van der Waals surface area contributed by atoms with Crippen molar-refractivity contribution in [2.24, 2.45) is 0 Å². The summed E-state index contributed by atoms with van der Waals surface area (Å²) in [5, 5.41) is 5.46. The van der Waals surface area contributed by atoms with Crippen molar-refractivity contribution in [3.63, 3.8) is 0 Å². The van der Waals surface area contributed by atoms with E-state index in [4.69, 9.17) is 0 Å². The first-order valence-electron chi connectivity index (χ1n) is 8.75. The smallest absolute Gasteiger partial charge is 0.334 e. The number of rotatable bonds is 6. The molecule has 2 amide bonds. The second-order valence-corrected chi connectivity index (χ2v) is 8.47. The van der Waals surface area contributed by atoms with E-state index in [0.717, 1.165) is 17.4 Å². The third-order valence-corrected chi connectivity index (χ3v) is 5.25. The summed E-state index contributed by atoms with van der Waals surface area (Å²) in [5.74, 6) is 0. The molecule has 0 aliphatic heterocycles. The summed E-state index contributed by atoms with van der Waals surface area (Å²) in [7, 11) is -3.25. The quantitative estimate of drug-likeness (QED) is 0.644. The van der Waals surface area contributed by atoms with E-state index in [2.05, 4.69) is 15.6 Å². The van der Waals surface area contributed by atoms with E-state index in [1.54, 1.807) is 42.6 Å². The Hall–Kier alpha value is -3.46. The fraction of sp³-hybridized carbons (Fsp3) is 0.150. The van der Waals surface area contributed by atoms with Crippen molar-refractivity contribution < 1.29 is 13.2 Å². The first kappa shape index (κ1) is 20.3. The number of hydrogen-bond donors (Lipinski definition) is 2. The molecular weight excluding hydrogens is 392 g/mol. The van der Waals surface area contributed by atoms with Crippen molar-refractivity contribution >= 4 is 21.6 Å². The predicted molar refractivity (Wildman–Crippen MR) is 109 cm³/mol. The van der Waals surface area contributed by atoms with Crippen LogP contribution in [0.5, 0.6) is 0 Å². The SMILES string of the molecule is CS(=O)(=O)c1ccc(CNC(=O)Nc2cccc(Cn3cccnc3=O)c2)cc1. The second kappa shape index (κ2) is 8.70. The highest BCUT2D eigenvalue weighted by atomic mass is 32.2. The lowest BCUT2D eigenvalue weighted by atomic mass is 10.2. The molecule has 3 rings (SSSR count). The van der Waals surface area contributed by atoms with Gasteiger partial charge in [0, 0.05) is 30.9 Å². The van der Waals surface area contributed by atoms with Crippen LogP contribution >= 0.6 is 0 Å². The average molecular weight is 412 g/mol. The van der Waals surface area contributed by atoms with Gasteiger partial charge in [-0.25, -0.2) is 23.0 Å². The Morgan fingerprint density at radius 3 is 2.52 bits per heavy atom. The minimum absolute atomic E-state index is 0.232. The third-order valence-electron chi connectivity index (χ3n) is 4.13. The van der Waals surface area contributed by atoms with Gasteiger partial charge in [0.2, 0.25) is 0 Å². The Kier molecular flexibility index (Phi) is 6.08. The normalized spacial score (nSPS) is 11.1. The molecule has 0 bridgehead atoms. The van der Waals surface area contributed by atoms with Crippen molar-refractivity contribution in [2.45, 2.75) is 18.0 Å². The Balaban J connectivity index is 1.58. The predicted octanol–water partition coefficient (Wildman–Crippen LogP) is 2.02. The molecule has 29 heavy (non-hydrogen) atoms. The number of hydrogen-bond acceptors (Lipinski definition) is 5. The van der Waals surface area contributed by atoms with Gasteiger partial charge in [-0.2, -0.15) is 0 Å². The molecule has 150 valence electrons. The molecule has 0 fully saturated rings. The van der Waals surface area contributed by atoms with Crippen molar-refractivity contribution in [3.8, 4) is 0 Å². The van der Waals surface area contributed by atoms with Crippen LogP contribution in [0.2, 0.25) is 0 Å². The highest BCUT2D eigenvalue weighted by Gasteiger charge is 2.07. The molecule has 0 spiro atoms. The summed E-state index contributed by atoms with van der Waals surface area (Å²) >= 11 is 0. The van der Waals surface area contributed by atoms with Gasteiger partial charge < -0.3 is 10.6 Å². The molecule has 0 aliphatic rings. The van der Waals surface area contributed by atoms with Crippen LogP contribution in [-0.2, 0) is 22.9 Å². The van der Waals surface area contributed by atoms with Gasteiger partial charge in [-0.3, -0.25) is 4.57 Å². The van der Waals surface area contributed by atoms with E-state index in [0.29, 0.717) is 12.2 Å². The van der Waals surface area contributed by atoms with E-state index < -0.39 is 15.9 Å². The fourth-order valence-electron chi connectivity index (χ4n) is 2.66. The number of benzene rings is 2. The van der Waals surface area contributed by atoms with Gasteiger partial charge in [0.1, 0.15) is 0 Å². The Bertz CT molecular complexity index is 1170. The van der Waals surface area contributed by atoms with Crippen LogP contribution in [-0.4, -0.2) is 30.3 Å². The van der Waals surface area contributed by atoms with Crippen LogP contribution in [0.15, 0.2) is 76.7 Å². The number of urea groups is 1. The van der Waals surface area contributed by atoms with Gasteiger partial charge in [-0.15, -0.1) is 0 Å². The molecule has 3 aromatic rings. The van der Waals surface area contributed by atoms with Crippen LogP contribution in [0.4, 0.5) is 10.5 Å². The summed E-state index contributed by atoms with van der Waals surface area (Å²) in [6.45, 7) is 0.594. The molecule has 0 saturated carbocycles. The van der Waals surface area contributed by atoms with E-state index >= 15 is 0 Å². The van der Waals surface area contributed by atoms with Crippen molar-refractivity contribution in [2.75, 3.05) is 11.6 Å². The largest absolute Gasteiger partial charge is 0.347 e. The van der Waals surface area contributed by atoms with Crippen molar-refractivity contribution in [1.29, 1.82) is 0 Å². The molecule has 2 aromatic carbocycles. The Morgan fingerprint density at radius 2 is 1.83 bits per heavy atom.